The third-order valence-electron chi connectivity index (χ3n) is 2.59. The third-order valence-corrected chi connectivity index (χ3v) is 2.59. The minimum absolute atomic E-state index is 0.146. The van der Waals surface area contributed by atoms with E-state index < -0.39 is 18.3 Å². The maximum Gasteiger partial charge on any atom is 0.139 e. The van der Waals surface area contributed by atoms with Crippen molar-refractivity contribution < 1.29 is 25.4 Å². The summed E-state index contributed by atoms with van der Waals surface area (Å²) in [6.45, 7) is 1.68. The fourth-order valence-corrected chi connectivity index (χ4v) is 1.63. The molecule has 5 unspecified atom stereocenters. The molecule has 0 spiro atoms. The Labute approximate surface area is 77.4 Å². The van der Waals surface area contributed by atoms with Crippen molar-refractivity contribution in [2.75, 3.05) is 13.7 Å². The molecule has 0 aliphatic carbocycles. The number of ether oxygens (including phenoxy) is 2. The molecular formula is C8H18NO4+. The highest BCUT2D eigenvalue weighted by molar-refractivity contribution is 4.90. The fraction of sp³-hybridized carbons (Fsp3) is 1.00. The minimum Gasteiger partial charge on any atom is -0.394 e. The second kappa shape index (κ2) is 4.34. The Balaban J connectivity index is 2.69. The van der Waals surface area contributed by atoms with Gasteiger partial charge in [0.05, 0.1) is 6.61 Å². The molecule has 5 N–H and O–H groups in total. The highest BCUT2D eigenvalue weighted by Gasteiger charge is 2.43. The topological polar surface area (TPSA) is 86.6 Å². The van der Waals surface area contributed by atoms with Gasteiger partial charge in [0.25, 0.3) is 0 Å². The lowest BCUT2D eigenvalue weighted by molar-refractivity contribution is -0.476. The van der Waals surface area contributed by atoms with Gasteiger partial charge >= 0.3 is 0 Å². The van der Waals surface area contributed by atoms with Crippen molar-refractivity contribution >= 4 is 0 Å². The average molecular weight is 192 g/mol. The van der Waals surface area contributed by atoms with Crippen LogP contribution >= 0.6 is 0 Å². The smallest absolute Gasteiger partial charge is 0.139 e. The van der Waals surface area contributed by atoms with Crippen molar-refractivity contribution in [1.29, 1.82) is 0 Å². The van der Waals surface area contributed by atoms with Gasteiger partial charge in [0.2, 0.25) is 0 Å². The molecule has 0 aromatic heterocycles. The van der Waals surface area contributed by atoms with Gasteiger partial charge in [-0.25, -0.2) is 0 Å². The molecule has 5 atom stereocenters. The molecule has 0 bridgehead atoms. The van der Waals surface area contributed by atoms with Crippen LogP contribution in [0.2, 0.25) is 0 Å². The van der Waals surface area contributed by atoms with Crippen LogP contribution in [0.15, 0.2) is 0 Å². The van der Waals surface area contributed by atoms with Crippen molar-refractivity contribution in [3.63, 3.8) is 0 Å². The maximum absolute atomic E-state index is 9.73. The standard InChI is InChI=1S/C8H17NO4/c1-4-6(9)7(11)8(12-2)5(3-10)13-4/h4-8,10-11H,3,9H2,1-2H3/p+1. The number of hydrogen-bond donors (Lipinski definition) is 3. The normalized spacial score (nSPS) is 46.4. The maximum atomic E-state index is 9.73. The molecule has 1 fully saturated rings. The summed E-state index contributed by atoms with van der Waals surface area (Å²) in [5.41, 5.74) is 3.79. The predicted molar refractivity (Wildman–Crippen MR) is 44.9 cm³/mol. The molecule has 5 nitrogen and oxygen atoms in total. The molecule has 1 aliphatic heterocycles. The Hall–Kier alpha value is -0.200. The van der Waals surface area contributed by atoms with Gasteiger partial charge in [-0.1, -0.05) is 0 Å². The SMILES string of the molecule is COC1C(CO)OC(C)C([NH3+])C1O. The quantitative estimate of drug-likeness (QED) is 0.461. The van der Waals surface area contributed by atoms with Gasteiger partial charge in [-0.05, 0) is 6.92 Å². The molecule has 1 saturated heterocycles. The summed E-state index contributed by atoms with van der Waals surface area (Å²) in [6.07, 6.45) is -1.76. The van der Waals surface area contributed by atoms with E-state index in [0.717, 1.165) is 0 Å². The van der Waals surface area contributed by atoms with E-state index in [1.54, 1.807) is 0 Å². The first-order valence-corrected chi connectivity index (χ1v) is 4.42. The first-order chi connectivity index (χ1) is 6.11. The Morgan fingerprint density at radius 1 is 1.54 bits per heavy atom. The molecule has 0 aromatic rings. The second-order valence-electron chi connectivity index (χ2n) is 3.42. The summed E-state index contributed by atoms with van der Waals surface area (Å²) in [5.74, 6) is 0. The van der Waals surface area contributed by atoms with Crippen molar-refractivity contribution in [1.82, 2.24) is 0 Å². The zero-order chi connectivity index (χ0) is 10.0. The van der Waals surface area contributed by atoms with Gasteiger partial charge in [0.15, 0.2) is 0 Å². The van der Waals surface area contributed by atoms with Crippen LogP contribution in [0.3, 0.4) is 0 Å². The number of rotatable bonds is 2. The van der Waals surface area contributed by atoms with Crippen molar-refractivity contribution in [3.8, 4) is 0 Å². The molecule has 0 amide bonds. The van der Waals surface area contributed by atoms with E-state index >= 15 is 0 Å². The molecule has 0 aromatic carbocycles. The molecule has 0 radical (unpaired) electrons. The van der Waals surface area contributed by atoms with E-state index in [1.807, 2.05) is 6.92 Å². The van der Waals surface area contributed by atoms with Gasteiger partial charge in [-0.3, -0.25) is 0 Å². The van der Waals surface area contributed by atoms with E-state index in [1.165, 1.54) is 7.11 Å². The van der Waals surface area contributed by atoms with Crippen LogP contribution in [0, 0.1) is 0 Å². The Morgan fingerprint density at radius 3 is 2.62 bits per heavy atom. The lowest BCUT2D eigenvalue weighted by Gasteiger charge is -2.39. The highest BCUT2D eigenvalue weighted by atomic mass is 16.6. The van der Waals surface area contributed by atoms with E-state index in [2.05, 4.69) is 5.73 Å². The first-order valence-electron chi connectivity index (χ1n) is 4.42. The Bertz CT molecular complexity index is 164. The third kappa shape index (κ3) is 2.00. The van der Waals surface area contributed by atoms with Crippen LogP contribution in [-0.4, -0.2) is 54.4 Å². The lowest BCUT2D eigenvalue weighted by Crippen LogP contribution is -2.77. The monoisotopic (exact) mass is 192 g/mol. The molecule has 0 saturated carbocycles. The first kappa shape index (κ1) is 10.9. The van der Waals surface area contributed by atoms with Crippen LogP contribution in [0.25, 0.3) is 0 Å². The van der Waals surface area contributed by atoms with Crippen molar-refractivity contribution in [3.05, 3.63) is 0 Å². The predicted octanol–water partition coefficient (Wildman–Crippen LogP) is -2.25. The summed E-state index contributed by atoms with van der Waals surface area (Å²) in [5, 5.41) is 18.7. The fourth-order valence-electron chi connectivity index (χ4n) is 1.63. The largest absolute Gasteiger partial charge is 0.394 e. The number of aliphatic hydroxyl groups is 2. The van der Waals surface area contributed by atoms with Crippen molar-refractivity contribution in [2.24, 2.45) is 0 Å². The number of hydrogen-bond acceptors (Lipinski definition) is 4. The molecule has 13 heavy (non-hydrogen) atoms. The van der Waals surface area contributed by atoms with E-state index in [0.29, 0.717) is 0 Å². The van der Waals surface area contributed by atoms with Crippen LogP contribution in [0.4, 0.5) is 0 Å². The second-order valence-corrected chi connectivity index (χ2v) is 3.42. The summed E-state index contributed by atoms with van der Waals surface area (Å²) >= 11 is 0. The van der Waals surface area contributed by atoms with Crippen LogP contribution < -0.4 is 5.73 Å². The Morgan fingerprint density at radius 2 is 2.15 bits per heavy atom. The zero-order valence-electron chi connectivity index (χ0n) is 8.01. The molecule has 78 valence electrons. The van der Waals surface area contributed by atoms with Gasteiger partial charge in [-0.15, -0.1) is 0 Å². The Kier molecular flexibility index (Phi) is 3.63. The molecule has 1 rings (SSSR count). The number of methoxy groups -OCH3 is 1. The van der Waals surface area contributed by atoms with E-state index in [-0.39, 0.29) is 18.8 Å². The van der Waals surface area contributed by atoms with Crippen molar-refractivity contribution in [2.45, 2.75) is 37.4 Å². The lowest BCUT2D eigenvalue weighted by atomic mass is 9.94. The summed E-state index contributed by atoms with van der Waals surface area (Å²) < 4.78 is 10.5. The summed E-state index contributed by atoms with van der Waals surface area (Å²) in [7, 11) is 1.49. The van der Waals surface area contributed by atoms with Gasteiger partial charge in [0.1, 0.15) is 30.5 Å². The average Bonchev–Trinajstić information content (AvgIpc) is 2.13. The van der Waals surface area contributed by atoms with Crippen LogP contribution in [0.1, 0.15) is 6.92 Å². The molecular weight excluding hydrogens is 174 g/mol. The number of quaternary nitrogens is 1. The van der Waals surface area contributed by atoms with Gasteiger partial charge < -0.3 is 25.4 Å². The summed E-state index contributed by atoms with van der Waals surface area (Å²) in [6, 6.07) is -0.215. The zero-order valence-corrected chi connectivity index (χ0v) is 8.01. The van der Waals surface area contributed by atoms with Gasteiger partial charge in [0, 0.05) is 7.11 Å². The summed E-state index contributed by atoms with van der Waals surface area (Å²) in [4.78, 5) is 0. The highest BCUT2D eigenvalue weighted by Crippen LogP contribution is 2.20. The minimum atomic E-state index is -0.675. The van der Waals surface area contributed by atoms with Crippen LogP contribution in [-0.2, 0) is 9.47 Å². The molecule has 5 heteroatoms. The van der Waals surface area contributed by atoms with Gasteiger partial charge in [-0.2, -0.15) is 0 Å². The molecule has 1 heterocycles. The van der Waals surface area contributed by atoms with E-state index in [4.69, 9.17) is 14.6 Å². The molecule has 1 aliphatic rings. The van der Waals surface area contributed by atoms with Crippen LogP contribution in [0.5, 0.6) is 0 Å². The number of aliphatic hydroxyl groups excluding tert-OH is 2. The van der Waals surface area contributed by atoms with E-state index in [9.17, 15) is 5.11 Å².